The molecule has 1 aromatic rings. The van der Waals surface area contributed by atoms with Gasteiger partial charge in [0.2, 0.25) is 0 Å². The maximum Gasteiger partial charge on any atom is 0.422 e. The van der Waals surface area contributed by atoms with Crippen LogP contribution in [0.4, 0.5) is 18.9 Å². The van der Waals surface area contributed by atoms with Gasteiger partial charge in [-0.15, -0.1) is 0 Å². The van der Waals surface area contributed by atoms with Gasteiger partial charge < -0.3 is 15.8 Å². The van der Waals surface area contributed by atoms with Crippen LogP contribution < -0.4 is 15.8 Å². The highest BCUT2D eigenvalue weighted by molar-refractivity contribution is 5.98. The van der Waals surface area contributed by atoms with Crippen molar-refractivity contribution < 1.29 is 27.6 Å². The molecule has 150 valence electrons. The molecule has 1 saturated carbocycles. The molecule has 27 heavy (non-hydrogen) atoms. The Morgan fingerprint density at radius 2 is 2.00 bits per heavy atom. The predicted octanol–water partition coefficient (Wildman–Crippen LogP) is 3.17. The highest BCUT2D eigenvalue weighted by Gasteiger charge is 2.30. The van der Waals surface area contributed by atoms with E-state index in [-0.39, 0.29) is 29.8 Å². The molecule has 0 bridgehead atoms. The molecule has 0 aromatic heterocycles. The van der Waals surface area contributed by atoms with Crippen LogP contribution in [0.1, 0.15) is 42.5 Å². The van der Waals surface area contributed by atoms with E-state index in [1.807, 2.05) is 0 Å². The van der Waals surface area contributed by atoms with Crippen LogP contribution in [0, 0.1) is 16.0 Å². The summed E-state index contributed by atoms with van der Waals surface area (Å²) < 4.78 is 41.5. The zero-order chi connectivity index (χ0) is 20.0. The summed E-state index contributed by atoms with van der Waals surface area (Å²) in [5.41, 5.74) is 4.89. The number of nitro benzene ring substituents is 1. The van der Waals surface area contributed by atoms with Crippen LogP contribution in [0.5, 0.6) is 5.75 Å². The summed E-state index contributed by atoms with van der Waals surface area (Å²) >= 11 is 0. The second-order valence-electron chi connectivity index (χ2n) is 6.55. The van der Waals surface area contributed by atoms with E-state index in [9.17, 15) is 28.1 Å². The number of hydrogen-bond donors (Lipinski definition) is 2. The molecule has 1 unspecified atom stereocenters. The lowest BCUT2D eigenvalue weighted by molar-refractivity contribution is -0.385. The first-order valence-corrected chi connectivity index (χ1v) is 8.70. The van der Waals surface area contributed by atoms with Gasteiger partial charge in [-0.2, -0.15) is 13.2 Å². The Bertz CT molecular complexity index is 676. The summed E-state index contributed by atoms with van der Waals surface area (Å²) in [6.07, 6.45) is 0.412. The van der Waals surface area contributed by atoms with Crippen molar-refractivity contribution in [2.75, 3.05) is 13.2 Å². The Kier molecular flexibility index (Phi) is 7.00. The Morgan fingerprint density at radius 3 is 2.56 bits per heavy atom. The molecule has 1 aliphatic carbocycles. The third-order valence-corrected chi connectivity index (χ3v) is 4.60. The molecule has 1 aromatic carbocycles. The summed E-state index contributed by atoms with van der Waals surface area (Å²) in [5, 5.41) is 13.9. The highest BCUT2D eigenvalue weighted by Crippen LogP contribution is 2.28. The largest absolute Gasteiger partial charge is 0.484 e. The van der Waals surface area contributed by atoms with Gasteiger partial charge in [-0.1, -0.05) is 19.3 Å². The predicted molar refractivity (Wildman–Crippen MR) is 91.5 cm³/mol. The quantitative estimate of drug-likeness (QED) is 0.550. The van der Waals surface area contributed by atoms with E-state index in [1.165, 1.54) is 0 Å². The number of alkyl halides is 3. The number of hydrogen-bond acceptors (Lipinski definition) is 5. The van der Waals surface area contributed by atoms with Crippen molar-refractivity contribution in [1.82, 2.24) is 5.32 Å². The van der Waals surface area contributed by atoms with Crippen molar-refractivity contribution in [3.8, 4) is 5.75 Å². The van der Waals surface area contributed by atoms with Gasteiger partial charge in [0.25, 0.3) is 11.6 Å². The van der Waals surface area contributed by atoms with Crippen molar-refractivity contribution in [2.24, 2.45) is 11.7 Å². The molecule has 0 saturated heterocycles. The van der Waals surface area contributed by atoms with Crippen LogP contribution in [0.15, 0.2) is 18.2 Å². The van der Waals surface area contributed by atoms with E-state index < -0.39 is 29.3 Å². The fraction of sp³-hybridized carbons (Fsp3) is 0.588. The molecule has 1 atom stereocenters. The number of nitrogens with two attached hydrogens (primary N) is 1. The van der Waals surface area contributed by atoms with E-state index in [4.69, 9.17) is 5.73 Å². The number of benzene rings is 1. The Balaban J connectivity index is 2.19. The molecule has 0 spiro atoms. The fourth-order valence-electron chi connectivity index (χ4n) is 3.26. The highest BCUT2D eigenvalue weighted by atomic mass is 19.4. The molecule has 1 fully saturated rings. The van der Waals surface area contributed by atoms with Gasteiger partial charge in [0.1, 0.15) is 11.3 Å². The average molecular weight is 389 g/mol. The van der Waals surface area contributed by atoms with E-state index in [0.29, 0.717) is 0 Å². The third kappa shape index (κ3) is 6.09. The summed E-state index contributed by atoms with van der Waals surface area (Å²) in [4.78, 5) is 23.0. The number of nitrogens with one attached hydrogen (secondary N) is 1. The zero-order valence-electron chi connectivity index (χ0n) is 14.6. The second-order valence-corrected chi connectivity index (χ2v) is 6.55. The van der Waals surface area contributed by atoms with Gasteiger partial charge in [0.05, 0.1) is 4.92 Å². The molecule has 0 heterocycles. The molecular weight excluding hydrogens is 367 g/mol. The molecular formula is C17H22F3N3O4. The number of amides is 1. The first-order chi connectivity index (χ1) is 12.7. The van der Waals surface area contributed by atoms with Crippen LogP contribution >= 0.6 is 0 Å². The molecule has 0 aliphatic heterocycles. The first kappa shape index (κ1) is 20.9. The number of ether oxygens (including phenoxy) is 1. The fourth-order valence-corrected chi connectivity index (χ4v) is 3.26. The minimum Gasteiger partial charge on any atom is -0.484 e. The number of carbonyl (C=O) groups is 1. The van der Waals surface area contributed by atoms with Crippen LogP contribution in [0.3, 0.4) is 0 Å². The number of rotatable bonds is 7. The SMILES string of the molecule is NCC(NC(=O)c1cc(OCC(F)(F)F)ccc1[N+](=O)[O-])C1CCCCC1. The maximum absolute atomic E-state index is 12.6. The third-order valence-electron chi connectivity index (χ3n) is 4.60. The Hall–Kier alpha value is -2.36. The zero-order valence-corrected chi connectivity index (χ0v) is 14.6. The smallest absolute Gasteiger partial charge is 0.422 e. The standard InChI is InChI=1S/C17H22F3N3O4/c18-17(19,20)10-27-12-6-7-15(23(25)26)13(8-12)16(24)22-14(9-21)11-4-2-1-3-5-11/h6-8,11,14H,1-5,9-10,21H2,(H,22,24). The van der Waals surface area contributed by atoms with E-state index in [1.54, 1.807) is 0 Å². The van der Waals surface area contributed by atoms with Gasteiger partial charge >= 0.3 is 6.18 Å². The van der Waals surface area contributed by atoms with Crippen LogP contribution in [0.25, 0.3) is 0 Å². The number of nitrogens with zero attached hydrogens (tertiary/aromatic N) is 1. The topological polar surface area (TPSA) is 107 Å². The molecule has 7 nitrogen and oxygen atoms in total. The lowest BCUT2D eigenvalue weighted by Crippen LogP contribution is -2.46. The second kappa shape index (κ2) is 9.03. The lowest BCUT2D eigenvalue weighted by Gasteiger charge is -2.30. The molecule has 1 aliphatic rings. The van der Waals surface area contributed by atoms with Crippen molar-refractivity contribution in [3.63, 3.8) is 0 Å². The maximum atomic E-state index is 12.6. The summed E-state index contributed by atoms with van der Waals surface area (Å²) in [6, 6.07) is 2.59. The number of halogens is 3. The van der Waals surface area contributed by atoms with Crippen molar-refractivity contribution in [2.45, 2.75) is 44.3 Å². The summed E-state index contributed by atoms with van der Waals surface area (Å²) in [6.45, 7) is -1.38. The molecule has 10 heteroatoms. The van der Waals surface area contributed by atoms with Gasteiger partial charge in [0, 0.05) is 18.7 Å². The van der Waals surface area contributed by atoms with Crippen molar-refractivity contribution >= 4 is 11.6 Å². The minimum atomic E-state index is -4.56. The van der Waals surface area contributed by atoms with E-state index in [0.717, 1.165) is 50.3 Å². The number of carbonyl (C=O) groups excluding carboxylic acids is 1. The molecule has 2 rings (SSSR count). The van der Waals surface area contributed by atoms with Gasteiger partial charge in [-0.3, -0.25) is 14.9 Å². The van der Waals surface area contributed by atoms with Gasteiger partial charge in [-0.25, -0.2) is 0 Å². The van der Waals surface area contributed by atoms with Crippen LogP contribution in [0.2, 0.25) is 0 Å². The van der Waals surface area contributed by atoms with E-state index in [2.05, 4.69) is 10.1 Å². The van der Waals surface area contributed by atoms with E-state index >= 15 is 0 Å². The average Bonchev–Trinajstić information content (AvgIpc) is 2.64. The summed E-state index contributed by atoms with van der Waals surface area (Å²) in [7, 11) is 0. The Labute approximate surface area is 154 Å². The molecule has 0 radical (unpaired) electrons. The van der Waals surface area contributed by atoms with Crippen LogP contribution in [-0.2, 0) is 0 Å². The monoisotopic (exact) mass is 389 g/mol. The number of nitro groups is 1. The summed E-state index contributed by atoms with van der Waals surface area (Å²) in [5.74, 6) is -0.846. The first-order valence-electron chi connectivity index (χ1n) is 8.70. The normalized spacial score (nSPS) is 16.6. The minimum absolute atomic E-state index is 0.175. The van der Waals surface area contributed by atoms with Gasteiger partial charge in [-0.05, 0) is 30.9 Å². The Morgan fingerprint density at radius 1 is 1.33 bits per heavy atom. The van der Waals surface area contributed by atoms with Crippen molar-refractivity contribution in [3.05, 3.63) is 33.9 Å². The molecule has 1 amide bonds. The lowest BCUT2D eigenvalue weighted by atomic mass is 9.84. The van der Waals surface area contributed by atoms with Crippen LogP contribution in [-0.4, -0.2) is 36.2 Å². The molecule has 3 N–H and O–H groups in total. The van der Waals surface area contributed by atoms with Gasteiger partial charge in [0.15, 0.2) is 6.61 Å². The van der Waals surface area contributed by atoms with Crippen molar-refractivity contribution in [1.29, 1.82) is 0 Å².